The molecule has 0 bridgehead atoms. The highest BCUT2D eigenvalue weighted by atomic mass is 79.9. The quantitative estimate of drug-likeness (QED) is 0.364. The van der Waals surface area contributed by atoms with Crippen LogP contribution in [0.5, 0.6) is 0 Å². The molecule has 3 rings (SSSR count). The molecule has 2 aliphatic rings. The Kier molecular flexibility index (Phi) is 6.20. The lowest BCUT2D eigenvalue weighted by atomic mass is 9.91. The molecule has 0 aromatic heterocycles. The molecular formula is C18H19BrClF3N4OS. The average Bonchev–Trinajstić information content (AvgIpc) is 3.01. The fourth-order valence-electron chi connectivity index (χ4n) is 3.74. The topological polar surface area (TPSA) is 47.6 Å². The lowest BCUT2D eigenvalue weighted by molar-refractivity contribution is -0.118. The zero-order chi connectivity index (χ0) is 21.7. The molecule has 1 saturated heterocycles. The van der Waals surface area contributed by atoms with Crippen LogP contribution in [0.15, 0.2) is 28.4 Å². The Morgan fingerprint density at radius 2 is 2.07 bits per heavy atom. The number of rotatable bonds is 4. The monoisotopic (exact) mass is 510 g/mol. The molecule has 11 heteroatoms. The number of nitrogens with one attached hydrogen (secondary N) is 2. The van der Waals surface area contributed by atoms with Gasteiger partial charge >= 0.3 is 0 Å². The molecule has 0 radical (unpaired) electrons. The average molecular weight is 512 g/mol. The van der Waals surface area contributed by atoms with Crippen LogP contribution in [0.2, 0.25) is 0 Å². The highest BCUT2D eigenvalue weighted by Crippen LogP contribution is 2.41. The smallest absolute Gasteiger partial charge is 0.275 e. The van der Waals surface area contributed by atoms with E-state index in [1.807, 2.05) is 0 Å². The van der Waals surface area contributed by atoms with E-state index >= 15 is 0 Å². The summed E-state index contributed by atoms with van der Waals surface area (Å²) in [6.07, 6.45) is 0. The summed E-state index contributed by atoms with van der Waals surface area (Å²) >= 11 is 15.1. The zero-order valence-electron chi connectivity index (χ0n) is 15.8. The van der Waals surface area contributed by atoms with Gasteiger partial charge in [0.25, 0.3) is 5.92 Å². The minimum Gasteiger partial charge on any atom is -0.368 e. The van der Waals surface area contributed by atoms with Crippen molar-refractivity contribution in [3.63, 3.8) is 0 Å². The van der Waals surface area contributed by atoms with E-state index in [1.165, 1.54) is 12.1 Å². The van der Waals surface area contributed by atoms with Gasteiger partial charge in [-0.15, -0.1) is 0 Å². The van der Waals surface area contributed by atoms with Gasteiger partial charge in [-0.3, -0.25) is 4.79 Å². The van der Waals surface area contributed by atoms with Crippen LogP contribution < -0.4 is 10.7 Å². The number of hydrogen-bond acceptors (Lipinski definition) is 4. The van der Waals surface area contributed by atoms with Crippen molar-refractivity contribution >= 4 is 56.3 Å². The summed E-state index contributed by atoms with van der Waals surface area (Å²) in [5, 5.41) is 4.17. The Bertz CT molecular complexity index is 894. The molecule has 0 aliphatic carbocycles. The van der Waals surface area contributed by atoms with Crippen LogP contribution in [0, 0.1) is 17.7 Å². The number of likely N-dealkylation sites (tertiary alicyclic amines) is 1. The van der Waals surface area contributed by atoms with Crippen LogP contribution >= 0.6 is 39.7 Å². The van der Waals surface area contributed by atoms with E-state index in [0.717, 1.165) is 11.8 Å². The summed E-state index contributed by atoms with van der Waals surface area (Å²) in [5.41, 5.74) is 2.12. The van der Waals surface area contributed by atoms with E-state index in [0.29, 0.717) is 22.9 Å². The highest BCUT2D eigenvalue weighted by Gasteiger charge is 2.46. The van der Waals surface area contributed by atoms with E-state index < -0.39 is 34.6 Å². The van der Waals surface area contributed by atoms with Gasteiger partial charge in [0.1, 0.15) is 11.3 Å². The summed E-state index contributed by atoms with van der Waals surface area (Å²) in [6, 6.07) is 3.45. The van der Waals surface area contributed by atoms with Gasteiger partial charge in [-0.25, -0.2) is 18.6 Å². The van der Waals surface area contributed by atoms with E-state index in [2.05, 4.69) is 26.7 Å². The Hall–Kier alpha value is -1.36. The summed E-state index contributed by atoms with van der Waals surface area (Å²) in [6.45, 7) is 1.02. The third-order valence-corrected chi connectivity index (χ3v) is 7.00. The van der Waals surface area contributed by atoms with Gasteiger partial charge in [0.2, 0.25) is 5.91 Å². The second-order valence-electron chi connectivity index (χ2n) is 7.13. The number of halogens is 5. The predicted octanol–water partition coefficient (Wildman–Crippen LogP) is 4.00. The molecule has 1 fully saturated rings. The largest absolute Gasteiger partial charge is 0.368 e. The number of hydrogen-bond donors (Lipinski definition) is 2. The Morgan fingerprint density at radius 1 is 1.41 bits per heavy atom. The number of hydrazine groups is 1. The van der Waals surface area contributed by atoms with Gasteiger partial charge in [0, 0.05) is 43.7 Å². The van der Waals surface area contributed by atoms with Gasteiger partial charge in [-0.05, 0) is 12.1 Å². The molecule has 3 atom stereocenters. The lowest BCUT2D eigenvalue weighted by Gasteiger charge is -2.25. The van der Waals surface area contributed by atoms with Crippen LogP contribution in [0.3, 0.4) is 0 Å². The fraction of sp³-hybridized carbons (Fsp3) is 0.444. The van der Waals surface area contributed by atoms with Gasteiger partial charge in [0.15, 0.2) is 0 Å². The molecule has 2 N–H and O–H groups in total. The highest BCUT2D eigenvalue weighted by molar-refractivity contribution is 9.11. The third-order valence-electron chi connectivity index (χ3n) is 4.99. The number of carbonyl (C=O) groups is 1. The maximum absolute atomic E-state index is 14.1. The number of benzene rings is 1. The van der Waals surface area contributed by atoms with Gasteiger partial charge in [-0.1, -0.05) is 45.8 Å². The zero-order valence-corrected chi connectivity index (χ0v) is 18.9. The summed E-state index contributed by atoms with van der Waals surface area (Å²) in [7, 11) is 3.52. The minimum absolute atomic E-state index is 0.278. The van der Waals surface area contributed by atoms with Crippen molar-refractivity contribution in [3.8, 4) is 0 Å². The van der Waals surface area contributed by atoms with Crippen LogP contribution in [0.1, 0.15) is 12.5 Å². The van der Waals surface area contributed by atoms with E-state index in [-0.39, 0.29) is 11.6 Å². The number of carbonyl (C=O) groups excluding carboxylic acids is 1. The number of thiocarbonyl (C=S) groups is 1. The van der Waals surface area contributed by atoms with Crippen molar-refractivity contribution in [1.29, 1.82) is 0 Å². The molecule has 0 saturated carbocycles. The maximum Gasteiger partial charge on any atom is 0.275 e. The van der Waals surface area contributed by atoms with Crippen LogP contribution in [0.4, 0.5) is 18.9 Å². The number of amides is 1. The number of alkyl halides is 3. The molecule has 5 nitrogen and oxygen atoms in total. The summed E-state index contributed by atoms with van der Waals surface area (Å²) < 4.78 is 42.6. The molecule has 29 heavy (non-hydrogen) atoms. The molecular weight excluding hydrogens is 493 g/mol. The normalized spacial score (nSPS) is 25.2. The molecule has 1 aromatic rings. The van der Waals surface area contributed by atoms with Crippen molar-refractivity contribution in [2.24, 2.45) is 11.8 Å². The SMILES string of the molecule is CN1C[C@H](C2=C(Br)C(Cl)NN2C)[C@@H](C(=O)Nc2cccc(F)c2C(C)(F)F)C1=S. The summed E-state index contributed by atoms with van der Waals surface area (Å²) in [4.78, 5) is 15.2. The van der Waals surface area contributed by atoms with E-state index in [4.69, 9.17) is 23.8 Å². The van der Waals surface area contributed by atoms with Crippen molar-refractivity contribution in [1.82, 2.24) is 15.3 Å². The lowest BCUT2D eigenvalue weighted by Crippen LogP contribution is -2.38. The first-order valence-corrected chi connectivity index (χ1v) is 10.3. The van der Waals surface area contributed by atoms with Crippen LogP contribution in [-0.4, -0.2) is 46.9 Å². The van der Waals surface area contributed by atoms with Crippen molar-refractivity contribution in [3.05, 3.63) is 39.8 Å². The second-order valence-corrected chi connectivity index (χ2v) is 8.84. The minimum atomic E-state index is -3.46. The number of nitrogens with zero attached hydrogens (tertiary/aromatic N) is 2. The first-order chi connectivity index (χ1) is 13.4. The van der Waals surface area contributed by atoms with Gasteiger partial charge in [-0.2, -0.15) is 0 Å². The molecule has 2 aliphatic heterocycles. The van der Waals surface area contributed by atoms with E-state index in [9.17, 15) is 18.0 Å². The molecule has 0 spiro atoms. The molecule has 158 valence electrons. The predicted molar refractivity (Wildman–Crippen MR) is 113 cm³/mol. The molecule has 2 heterocycles. The maximum atomic E-state index is 14.1. The van der Waals surface area contributed by atoms with Crippen molar-refractivity contribution in [2.45, 2.75) is 18.3 Å². The second kappa shape index (κ2) is 8.05. The molecule has 1 unspecified atom stereocenters. The summed E-state index contributed by atoms with van der Waals surface area (Å²) in [5.74, 6) is -6.33. The van der Waals surface area contributed by atoms with Crippen LogP contribution in [-0.2, 0) is 10.7 Å². The number of anilines is 1. The Morgan fingerprint density at radius 3 is 2.62 bits per heavy atom. The Labute approximate surface area is 185 Å². The van der Waals surface area contributed by atoms with Crippen LogP contribution in [0.25, 0.3) is 0 Å². The van der Waals surface area contributed by atoms with Crippen molar-refractivity contribution in [2.75, 3.05) is 26.0 Å². The molecule has 1 amide bonds. The van der Waals surface area contributed by atoms with Gasteiger partial charge < -0.3 is 15.2 Å². The van der Waals surface area contributed by atoms with Gasteiger partial charge in [0.05, 0.1) is 22.2 Å². The van der Waals surface area contributed by atoms with Crippen molar-refractivity contribution < 1.29 is 18.0 Å². The third kappa shape index (κ3) is 4.12. The molecule has 1 aromatic carbocycles. The van der Waals surface area contributed by atoms with E-state index in [1.54, 1.807) is 24.0 Å². The fourth-order valence-corrected chi connectivity index (χ4v) is 5.00. The Balaban J connectivity index is 1.96. The first kappa shape index (κ1) is 22.3. The first-order valence-electron chi connectivity index (χ1n) is 8.69. The standard InChI is InChI=1S/C18H19BrClF3N4OS/c1-18(22,23)12-9(21)5-4-6-10(12)24-16(28)11-8(7-26(2)17(11)29)14-13(19)15(20)25-27(14)3/h4-6,8,11,15,25H,7H2,1-3H3,(H,24,28)/t8-,11-,15?/m0/s1.